The van der Waals surface area contributed by atoms with Crippen molar-refractivity contribution in [2.45, 2.75) is 11.9 Å². The Morgan fingerprint density at radius 3 is 2.31 bits per heavy atom. The average molecular weight is 392 g/mol. The van der Waals surface area contributed by atoms with Crippen LogP contribution in [0.25, 0.3) is 10.6 Å². The van der Waals surface area contributed by atoms with Crippen LogP contribution in [0.15, 0.2) is 53.6 Å². The Hall–Kier alpha value is -2.78. The number of sulfonamides is 1. The van der Waals surface area contributed by atoms with Gasteiger partial charge in [-0.15, -0.1) is 11.3 Å². The molecule has 9 heteroatoms. The zero-order chi connectivity index (χ0) is 18.9. The summed E-state index contributed by atoms with van der Waals surface area (Å²) >= 11 is 1.19. The molecule has 3 rings (SSSR count). The molecule has 0 bridgehead atoms. The number of rotatable bonds is 5. The molecular weight excluding hydrogens is 379 g/mol. The number of hydrogen-bond donors (Lipinski definition) is 2. The predicted molar refractivity (Wildman–Crippen MR) is 96.5 cm³/mol. The molecule has 2 N–H and O–H groups in total. The maximum atomic E-state index is 13.0. The lowest BCUT2D eigenvalue weighted by molar-refractivity contribution is 0.0697. The molecule has 0 fully saturated rings. The molecule has 26 heavy (non-hydrogen) atoms. The van der Waals surface area contributed by atoms with Gasteiger partial charge in [0.2, 0.25) is 0 Å². The van der Waals surface area contributed by atoms with Gasteiger partial charge in [0.25, 0.3) is 10.0 Å². The number of carbonyl (C=O) groups is 1. The standard InChI is InChI=1S/C17H13FN2O4S2/c1-10-16(19-15(25-10)11-2-6-13(18)7-3-11)26(23,24)20-14-8-4-12(5-9-14)17(21)22/h2-9,20H,1H3,(H,21,22). The van der Waals surface area contributed by atoms with Gasteiger partial charge in [-0.3, -0.25) is 4.72 Å². The quantitative estimate of drug-likeness (QED) is 0.689. The second-order valence-corrected chi connectivity index (χ2v) is 8.18. The van der Waals surface area contributed by atoms with Crippen molar-refractivity contribution in [1.82, 2.24) is 4.98 Å². The average Bonchev–Trinajstić information content (AvgIpc) is 2.98. The predicted octanol–water partition coefficient (Wildman–Crippen LogP) is 3.76. The zero-order valence-corrected chi connectivity index (χ0v) is 15.1. The maximum absolute atomic E-state index is 13.0. The minimum atomic E-state index is -3.94. The lowest BCUT2D eigenvalue weighted by Crippen LogP contribution is -2.14. The number of nitrogens with zero attached hydrogens (tertiary/aromatic N) is 1. The van der Waals surface area contributed by atoms with Gasteiger partial charge in [-0.2, -0.15) is 8.42 Å². The first kappa shape index (κ1) is 18.0. The summed E-state index contributed by atoms with van der Waals surface area (Å²) < 4.78 is 40.6. The van der Waals surface area contributed by atoms with Crippen LogP contribution in [0.4, 0.5) is 10.1 Å². The molecule has 0 amide bonds. The van der Waals surface area contributed by atoms with Gasteiger partial charge in [0.15, 0.2) is 5.03 Å². The second-order valence-electron chi connectivity index (χ2n) is 5.38. The smallest absolute Gasteiger partial charge is 0.335 e. The molecule has 0 atom stereocenters. The van der Waals surface area contributed by atoms with Crippen LogP contribution in [0.1, 0.15) is 15.2 Å². The Balaban J connectivity index is 1.89. The monoisotopic (exact) mass is 392 g/mol. The molecule has 3 aromatic rings. The summed E-state index contributed by atoms with van der Waals surface area (Å²) in [4.78, 5) is 15.5. The molecular formula is C17H13FN2O4S2. The van der Waals surface area contributed by atoms with E-state index in [0.717, 1.165) is 0 Å². The number of aromatic nitrogens is 1. The Morgan fingerprint density at radius 1 is 1.12 bits per heavy atom. The molecule has 0 spiro atoms. The van der Waals surface area contributed by atoms with Gasteiger partial charge < -0.3 is 5.11 Å². The van der Waals surface area contributed by atoms with Crippen molar-refractivity contribution in [2.75, 3.05) is 4.72 Å². The number of anilines is 1. The fourth-order valence-electron chi connectivity index (χ4n) is 2.23. The number of benzene rings is 2. The van der Waals surface area contributed by atoms with Crippen molar-refractivity contribution in [3.63, 3.8) is 0 Å². The van der Waals surface area contributed by atoms with E-state index in [-0.39, 0.29) is 22.1 Å². The van der Waals surface area contributed by atoms with Crippen LogP contribution in [0.5, 0.6) is 0 Å². The summed E-state index contributed by atoms with van der Waals surface area (Å²) in [6.07, 6.45) is 0. The molecule has 0 aliphatic carbocycles. The first-order chi connectivity index (χ1) is 12.3. The summed E-state index contributed by atoms with van der Waals surface area (Å²) in [5.74, 6) is -1.49. The lowest BCUT2D eigenvalue weighted by Gasteiger charge is -2.07. The van der Waals surface area contributed by atoms with Crippen LogP contribution >= 0.6 is 11.3 Å². The van der Waals surface area contributed by atoms with E-state index in [1.165, 1.54) is 59.9 Å². The fraction of sp³-hybridized carbons (Fsp3) is 0.0588. The second kappa shape index (κ2) is 6.85. The molecule has 0 unspecified atom stereocenters. The number of aryl methyl sites for hydroxylation is 1. The Morgan fingerprint density at radius 2 is 1.73 bits per heavy atom. The number of aromatic carboxylic acids is 1. The van der Waals surface area contributed by atoms with Crippen LogP contribution in [0.3, 0.4) is 0 Å². The topological polar surface area (TPSA) is 96.4 Å². The number of halogens is 1. The van der Waals surface area contributed by atoms with E-state index < -0.39 is 16.0 Å². The summed E-state index contributed by atoms with van der Waals surface area (Å²) in [6.45, 7) is 1.63. The van der Waals surface area contributed by atoms with Crippen molar-refractivity contribution in [2.24, 2.45) is 0 Å². The van der Waals surface area contributed by atoms with Gasteiger partial charge in [-0.1, -0.05) is 0 Å². The SMILES string of the molecule is Cc1sc(-c2ccc(F)cc2)nc1S(=O)(=O)Nc1ccc(C(=O)O)cc1. The van der Waals surface area contributed by atoms with Crippen LogP contribution in [-0.2, 0) is 10.0 Å². The van der Waals surface area contributed by atoms with E-state index in [0.29, 0.717) is 15.4 Å². The van der Waals surface area contributed by atoms with Crippen molar-refractivity contribution in [1.29, 1.82) is 0 Å². The lowest BCUT2D eigenvalue weighted by atomic mass is 10.2. The largest absolute Gasteiger partial charge is 0.478 e. The van der Waals surface area contributed by atoms with Crippen LogP contribution in [0.2, 0.25) is 0 Å². The first-order valence-corrected chi connectivity index (χ1v) is 9.66. The first-order valence-electron chi connectivity index (χ1n) is 7.36. The number of thiazole rings is 1. The van der Waals surface area contributed by atoms with Crippen LogP contribution < -0.4 is 4.72 Å². The van der Waals surface area contributed by atoms with Gasteiger partial charge in [-0.05, 0) is 55.5 Å². The Bertz CT molecular complexity index is 1060. The number of carboxylic acid groups (broad SMARTS) is 1. The van der Waals surface area contributed by atoms with Gasteiger partial charge in [0.1, 0.15) is 10.8 Å². The van der Waals surface area contributed by atoms with E-state index in [4.69, 9.17) is 5.11 Å². The molecule has 134 valence electrons. The third-order valence-corrected chi connectivity index (χ3v) is 6.04. The molecule has 0 saturated heterocycles. The molecule has 1 aromatic heterocycles. The molecule has 0 aliphatic heterocycles. The molecule has 1 heterocycles. The van der Waals surface area contributed by atoms with Crippen LogP contribution in [-0.4, -0.2) is 24.5 Å². The summed E-state index contributed by atoms with van der Waals surface area (Å²) in [5, 5.41) is 9.22. The molecule has 0 aliphatic rings. The van der Waals surface area contributed by atoms with E-state index in [1.54, 1.807) is 6.92 Å². The van der Waals surface area contributed by atoms with Crippen molar-refractivity contribution >= 4 is 33.0 Å². The van der Waals surface area contributed by atoms with E-state index in [1.807, 2.05) is 0 Å². The molecule has 0 saturated carbocycles. The van der Waals surface area contributed by atoms with E-state index >= 15 is 0 Å². The molecule has 0 radical (unpaired) electrons. The minimum Gasteiger partial charge on any atom is -0.478 e. The van der Waals surface area contributed by atoms with Gasteiger partial charge in [0.05, 0.1) is 5.56 Å². The highest BCUT2D eigenvalue weighted by Crippen LogP contribution is 2.31. The van der Waals surface area contributed by atoms with Gasteiger partial charge in [-0.25, -0.2) is 14.2 Å². The highest BCUT2D eigenvalue weighted by molar-refractivity contribution is 7.92. The van der Waals surface area contributed by atoms with Gasteiger partial charge >= 0.3 is 5.97 Å². The summed E-state index contributed by atoms with van der Waals surface area (Å²) in [7, 11) is -3.94. The van der Waals surface area contributed by atoms with Crippen molar-refractivity contribution in [3.05, 3.63) is 64.8 Å². The summed E-state index contributed by atoms with van der Waals surface area (Å²) in [6, 6.07) is 11.0. The maximum Gasteiger partial charge on any atom is 0.335 e. The van der Waals surface area contributed by atoms with Crippen LogP contribution in [0, 0.1) is 12.7 Å². The summed E-state index contributed by atoms with van der Waals surface area (Å²) in [5.41, 5.74) is 0.897. The van der Waals surface area contributed by atoms with E-state index in [2.05, 4.69) is 9.71 Å². The number of carboxylic acids is 1. The minimum absolute atomic E-state index is 0.0522. The van der Waals surface area contributed by atoms with Crippen molar-refractivity contribution in [3.8, 4) is 10.6 Å². The number of nitrogens with one attached hydrogen (secondary N) is 1. The Labute approximate surface area is 153 Å². The zero-order valence-electron chi connectivity index (χ0n) is 13.4. The normalized spacial score (nSPS) is 11.3. The Kier molecular flexibility index (Phi) is 4.75. The molecule has 6 nitrogen and oxygen atoms in total. The highest BCUT2D eigenvalue weighted by atomic mass is 32.2. The van der Waals surface area contributed by atoms with Gasteiger partial charge in [0, 0.05) is 16.1 Å². The third-order valence-electron chi connectivity index (χ3n) is 3.48. The van der Waals surface area contributed by atoms with Crippen molar-refractivity contribution < 1.29 is 22.7 Å². The third kappa shape index (κ3) is 3.73. The number of hydrogen-bond acceptors (Lipinski definition) is 5. The molecule has 2 aromatic carbocycles. The van der Waals surface area contributed by atoms with E-state index in [9.17, 15) is 17.6 Å². The fourth-order valence-corrected chi connectivity index (χ4v) is 4.69. The highest BCUT2D eigenvalue weighted by Gasteiger charge is 2.23.